The molecule has 0 fully saturated rings. The molecule has 0 saturated carbocycles. The van der Waals surface area contributed by atoms with E-state index in [1.807, 2.05) is 37.3 Å². The zero-order valence-corrected chi connectivity index (χ0v) is 17.4. The molecule has 0 aliphatic carbocycles. The van der Waals surface area contributed by atoms with E-state index in [0.29, 0.717) is 13.0 Å². The van der Waals surface area contributed by atoms with Crippen molar-refractivity contribution < 1.29 is 9.53 Å². The second-order valence-corrected chi connectivity index (χ2v) is 7.34. The summed E-state index contributed by atoms with van der Waals surface area (Å²) >= 11 is 0. The van der Waals surface area contributed by atoms with Gasteiger partial charge in [-0.15, -0.1) is 0 Å². The number of esters is 1. The summed E-state index contributed by atoms with van der Waals surface area (Å²) in [5, 5.41) is 1.10. The van der Waals surface area contributed by atoms with Crippen LogP contribution in [0.5, 0.6) is 0 Å². The van der Waals surface area contributed by atoms with E-state index < -0.39 is 0 Å². The number of carbonyl (C=O) groups is 1. The third-order valence-electron chi connectivity index (χ3n) is 5.33. The minimum Gasteiger partial charge on any atom is -0.466 e. The van der Waals surface area contributed by atoms with Crippen LogP contribution in [0.1, 0.15) is 18.1 Å². The van der Waals surface area contributed by atoms with Crippen LogP contribution in [0.3, 0.4) is 0 Å². The third kappa shape index (κ3) is 4.23. The van der Waals surface area contributed by atoms with Crippen molar-refractivity contribution in [3.8, 4) is 0 Å². The predicted molar refractivity (Wildman–Crippen MR) is 122 cm³/mol. The zero-order valence-electron chi connectivity index (χ0n) is 17.4. The molecule has 0 spiro atoms. The standard InChI is InChI=1S/C26H26N2O2/c1-3-30-26(29)17-21-19-28(25-12-8-7-11-24(21)25)18-20-13-15-23(16-14-20)27(2)22-9-5-4-6-10-22/h4-16,19H,3,17-18H2,1-2H3. The first kappa shape index (κ1) is 19.8. The highest BCUT2D eigenvalue weighted by atomic mass is 16.5. The average Bonchev–Trinajstić information content (AvgIpc) is 3.12. The molecule has 152 valence electrons. The van der Waals surface area contributed by atoms with Crippen LogP contribution < -0.4 is 4.90 Å². The maximum absolute atomic E-state index is 12.0. The number of ether oxygens (including phenoxy) is 1. The molecule has 0 aliphatic heterocycles. The molecule has 4 heteroatoms. The maximum atomic E-state index is 12.0. The van der Waals surface area contributed by atoms with Crippen LogP contribution in [-0.2, 0) is 22.5 Å². The second kappa shape index (κ2) is 8.87. The van der Waals surface area contributed by atoms with Crippen LogP contribution in [0.15, 0.2) is 85.1 Å². The molecule has 0 amide bonds. The highest BCUT2D eigenvalue weighted by Crippen LogP contribution is 2.26. The van der Waals surface area contributed by atoms with Crippen molar-refractivity contribution in [1.82, 2.24) is 4.57 Å². The summed E-state index contributed by atoms with van der Waals surface area (Å²) in [6.45, 7) is 2.99. The summed E-state index contributed by atoms with van der Waals surface area (Å²) in [5.41, 5.74) is 5.64. The normalized spacial score (nSPS) is 10.9. The van der Waals surface area contributed by atoms with Gasteiger partial charge < -0.3 is 14.2 Å². The van der Waals surface area contributed by atoms with Gasteiger partial charge in [-0.05, 0) is 48.4 Å². The van der Waals surface area contributed by atoms with Crippen molar-refractivity contribution in [2.45, 2.75) is 19.9 Å². The van der Waals surface area contributed by atoms with Crippen LogP contribution in [0.25, 0.3) is 10.9 Å². The van der Waals surface area contributed by atoms with Gasteiger partial charge >= 0.3 is 5.97 Å². The Balaban J connectivity index is 1.56. The minimum absolute atomic E-state index is 0.186. The molecule has 1 aromatic heterocycles. The Morgan fingerprint density at radius 1 is 0.900 bits per heavy atom. The largest absolute Gasteiger partial charge is 0.466 e. The van der Waals surface area contributed by atoms with E-state index in [4.69, 9.17) is 4.74 Å². The highest BCUT2D eigenvalue weighted by molar-refractivity contribution is 5.88. The van der Waals surface area contributed by atoms with Crippen LogP contribution >= 0.6 is 0 Å². The van der Waals surface area contributed by atoms with Gasteiger partial charge in [-0.2, -0.15) is 0 Å². The number of para-hydroxylation sites is 2. The Kier molecular flexibility index (Phi) is 5.84. The van der Waals surface area contributed by atoms with Gasteiger partial charge in [0, 0.05) is 42.1 Å². The van der Waals surface area contributed by atoms with Crippen LogP contribution in [-0.4, -0.2) is 24.2 Å². The van der Waals surface area contributed by atoms with Gasteiger partial charge in [-0.3, -0.25) is 4.79 Å². The second-order valence-electron chi connectivity index (χ2n) is 7.34. The Morgan fingerprint density at radius 3 is 2.30 bits per heavy atom. The maximum Gasteiger partial charge on any atom is 0.310 e. The molecule has 30 heavy (non-hydrogen) atoms. The number of fused-ring (bicyclic) bond motifs is 1. The van der Waals surface area contributed by atoms with Crippen LogP contribution in [0, 0.1) is 0 Å². The van der Waals surface area contributed by atoms with Crippen molar-refractivity contribution >= 4 is 28.2 Å². The molecule has 4 aromatic rings. The summed E-state index contributed by atoms with van der Waals surface area (Å²) in [7, 11) is 2.07. The van der Waals surface area contributed by atoms with E-state index >= 15 is 0 Å². The molecule has 4 nitrogen and oxygen atoms in total. The lowest BCUT2D eigenvalue weighted by molar-refractivity contribution is -0.142. The first-order chi connectivity index (χ1) is 14.7. The van der Waals surface area contributed by atoms with Crippen molar-refractivity contribution in [2.24, 2.45) is 0 Å². The van der Waals surface area contributed by atoms with Gasteiger partial charge in [0.2, 0.25) is 0 Å². The summed E-state index contributed by atoms with van der Waals surface area (Å²) in [5.74, 6) is -0.186. The lowest BCUT2D eigenvalue weighted by Gasteiger charge is -2.19. The number of nitrogens with zero attached hydrogens (tertiary/aromatic N) is 2. The number of anilines is 2. The molecule has 0 unspecified atom stereocenters. The molecule has 0 saturated heterocycles. The predicted octanol–water partition coefficient (Wildman–Crippen LogP) is 5.56. The number of benzene rings is 3. The van der Waals surface area contributed by atoms with Gasteiger partial charge in [-0.25, -0.2) is 0 Å². The van der Waals surface area contributed by atoms with Crippen molar-refractivity contribution in [3.63, 3.8) is 0 Å². The van der Waals surface area contributed by atoms with Crippen LogP contribution in [0.4, 0.5) is 11.4 Å². The van der Waals surface area contributed by atoms with E-state index in [-0.39, 0.29) is 5.97 Å². The lowest BCUT2D eigenvalue weighted by atomic mass is 10.1. The molecule has 0 bridgehead atoms. The molecule has 0 aliphatic rings. The van der Waals surface area contributed by atoms with E-state index in [9.17, 15) is 4.79 Å². The first-order valence-corrected chi connectivity index (χ1v) is 10.3. The highest BCUT2D eigenvalue weighted by Gasteiger charge is 2.13. The number of carbonyl (C=O) groups excluding carboxylic acids is 1. The first-order valence-electron chi connectivity index (χ1n) is 10.3. The van der Waals surface area contributed by atoms with E-state index in [1.54, 1.807) is 0 Å². The minimum atomic E-state index is -0.186. The number of hydrogen-bond donors (Lipinski definition) is 0. The Hall–Kier alpha value is -3.53. The zero-order chi connectivity index (χ0) is 20.9. The van der Waals surface area contributed by atoms with Gasteiger partial charge in [-0.1, -0.05) is 48.5 Å². The molecular formula is C26H26N2O2. The van der Waals surface area contributed by atoms with Gasteiger partial charge in [0.05, 0.1) is 13.0 Å². The number of aromatic nitrogens is 1. The number of rotatable bonds is 7. The molecule has 3 aromatic carbocycles. The van der Waals surface area contributed by atoms with Gasteiger partial charge in [0.1, 0.15) is 0 Å². The van der Waals surface area contributed by atoms with Crippen molar-refractivity contribution in [3.05, 3.63) is 96.2 Å². The number of hydrogen-bond acceptors (Lipinski definition) is 3. The molecule has 0 N–H and O–H groups in total. The summed E-state index contributed by atoms with van der Waals surface area (Å²) < 4.78 is 7.35. The Bertz CT molecular complexity index is 1130. The Labute approximate surface area is 177 Å². The van der Waals surface area contributed by atoms with Gasteiger partial charge in [0.25, 0.3) is 0 Å². The monoisotopic (exact) mass is 398 g/mol. The molecule has 0 radical (unpaired) electrons. The Morgan fingerprint density at radius 2 is 1.57 bits per heavy atom. The fourth-order valence-electron chi connectivity index (χ4n) is 3.78. The summed E-state index contributed by atoms with van der Waals surface area (Å²) in [4.78, 5) is 14.2. The fourth-order valence-corrected chi connectivity index (χ4v) is 3.78. The smallest absolute Gasteiger partial charge is 0.310 e. The summed E-state index contributed by atoms with van der Waals surface area (Å²) in [6, 6.07) is 27.1. The van der Waals surface area contributed by atoms with E-state index in [1.165, 1.54) is 5.56 Å². The van der Waals surface area contributed by atoms with E-state index in [0.717, 1.165) is 34.4 Å². The van der Waals surface area contributed by atoms with E-state index in [2.05, 4.69) is 71.2 Å². The summed E-state index contributed by atoms with van der Waals surface area (Å²) in [6.07, 6.45) is 2.37. The average molecular weight is 399 g/mol. The van der Waals surface area contributed by atoms with Crippen LogP contribution in [0.2, 0.25) is 0 Å². The fraction of sp³-hybridized carbons (Fsp3) is 0.192. The topological polar surface area (TPSA) is 34.5 Å². The molecule has 0 atom stereocenters. The third-order valence-corrected chi connectivity index (χ3v) is 5.33. The quantitative estimate of drug-likeness (QED) is 0.382. The lowest BCUT2D eigenvalue weighted by Crippen LogP contribution is -2.09. The van der Waals surface area contributed by atoms with Crippen molar-refractivity contribution in [1.29, 1.82) is 0 Å². The SMILES string of the molecule is CCOC(=O)Cc1cn(Cc2ccc(N(C)c3ccccc3)cc2)c2ccccc12. The molecular weight excluding hydrogens is 372 g/mol. The molecule has 1 heterocycles. The molecule has 4 rings (SSSR count). The van der Waals surface area contributed by atoms with Gasteiger partial charge in [0.15, 0.2) is 0 Å². The van der Waals surface area contributed by atoms with Crippen molar-refractivity contribution in [2.75, 3.05) is 18.6 Å².